The smallest absolute Gasteiger partial charge is 0.475 e. The number of aromatic nitrogens is 2. The molecule has 0 radical (unpaired) electrons. The molecule has 1 spiro atoms. The van der Waals surface area contributed by atoms with Gasteiger partial charge in [0.1, 0.15) is 5.82 Å². The van der Waals surface area contributed by atoms with Crippen LogP contribution in [-0.4, -0.2) is 65.9 Å². The maximum atomic E-state index is 13.1. The van der Waals surface area contributed by atoms with Gasteiger partial charge in [0.2, 0.25) is 5.95 Å². The van der Waals surface area contributed by atoms with Crippen molar-refractivity contribution in [1.29, 1.82) is 0 Å². The normalized spacial score (nSPS) is 20.4. The first-order chi connectivity index (χ1) is 15.0. The van der Waals surface area contributed by atoms with E-state index in [1.807, 2.05) is 37.3 Å². The van der Waals surface area contributed by atoms with Crippen LogP contribution in [0.25, 0.3) is 0 Å². The Morgan fingerprint density at radius 3 is 2.53 bits per heavy atom. The second-order valence-electron chi connectivity index (χ2n) is 8.10. The van der Waals surface area contributed by atoms with Crippen molar-refractivity contribution < 1.29 is 32.2 Å². The number of hydrogen-bond acceptors (Lipinski definition) is 6. The quantitative estimate of drug-likeness (QED) is 0.712. The number of hydrogen-bond donors (Lipinski definition) is 1. The van der Waals surface area contributed by atoms with Crippen LogP contribution in [0.4, 0.5) is 23.5 Å². The third kappa shape index (κ3) is 5.52. The van der Waals surface area contributed by atoms with Crippen molar-refractivity contribution >= 4 is 11.9 Å². The van der Waals surface area contributed by atoms with Crippen LogP contribution in [0.1, 0.15) is 23.2 Å². The molecule has 2 aromatic rings. The zero-order chi connectivity index (χ0) is 23.5. The number of halogens is 4. The van der Waals surface area contributed by atoms with E-state index in [9.17, 15) is 17.6 Å². The minimum Gasteiger partial charge on any atom is -0.475 e. The SMILES string of the molecule is CN(C)c1ncc2c(n1)C1(CCN(Cc3ccc(F)cc3)C1)COC2.O=C(O)C(F)(F)F. The molecule has 0 saturated carbocycles. The van der Waals surface area contributed by atoms with Gasteiger partial charge in [-0.3, -0.25) is 4.90 Å². The average molecular weight is 456 g/mol. The Kier molecular flexibility index (Phi) is 6.99. The number of carboxylic acids is 1. The number of aliphatic carboxylic acids is 1. The van der Waals surface area contributed by atoms with E-state index >= 15 is 0 Å². The molecule has 3 heterocycles. The Labute approximate surface area is 182 Å². The first-order valence-corrected chi connectivity index (χ1v) is 9.88. The topological polar surface area (TPSA) is 78.8 Å². The molecule has 1 fully saturated rings. The van der Waals surface area contributed by atoms with Gasteiger partial charge in [-0.15, -0.1) is 0 Å². The van der Waals surface area contributed by atoms with Gasteiger partial charge in [-0.05, 0) is 30.7 Å². The molecule has 174 valence electrons. The lowest BCUT2D eigenvalue weighted by molar-refractivity contribution is -0.192. The number of benzene rings is 1. The maximum absolute atomic E-state index is 13.1. The first-order valence-electron chi connectivity index (χ1n) is 9.88. The van der Waals surface area contributed by atoms with Crippen molar-refractivity contribution in [3.63, 3.8) is 0 Å². The van der Waals surface area contributed by atoms with Gasteiger partial charge >= 0.3 is 12.1 Å². The molecule has 1 aromatic heterocycles. The number of anilines is 1. The molecule has 1 N–H and O–H groups in total. The highest BCUT2D eigenvalue weighted by Crippen LogP contribution is 2.39. The van der Waals surface area contributed by atoms with Crippen molar-refractivity contribution in [1.82, 2.24) is 14.9 Å². The van der Waals surface area contributed by atoms with E-state index in [1.165, 1.54) is 12.1 Å². The van der Waals surface area contributed by atoms with E-state index in [1.54, 1.807) is 0 Å². The van der Waals surface area contributed by atoms with Gasteiger partial charge in [0.15, 0.2) is 0 Å². The molecule has 32 heavy (non-hydrogen) atoms. The van der Waals surface area contributed by atoms with Gasteiger partial charge in [-0.1, -0.05) is 12.1 Å². The lowest BCUT2D eigenvalue weighted by Gasteiger charge is -2.34. The molecule has 1 atom stereocenters. The summed E-state index contributed by atoms with van der Waals surface area (Å²) in [6.45, 7) is 4.00. The Morgan fingerprint density at radius 1 is 1.28 bits per heavy atom. The maximum Gasteiger partial charge on any atom is 0.490 e. The Bertz CT molecular complexity index is 953. The summed E-state index contributed by atoms with van der Waals surface area (Å²) in [5, 5.41) is 7.12. The van der Waals surface area contributed by atoms with Crippen molar-refractivity contribution in [2.24, 2.45) is 0 Å². The largest absolute Gasteiger partial charge is 0.490 e. The number of alkyl halides is 3. The third-order valence-electron chi connectivity index (χ3n) is 5.38. The summed E-state index contributed by atoms with van der Waals surface area (Å²) in [5.41, 5.74) is 3.30. The molecule has 0 aliphatic carbocycles. The van der Waals surface area contributed by atoms with Crippen LogP contribution in [0.5, 0.6) is 0 Å². The van der Waals surface area contributed by atoms with E-state index in [2.05, 4.69) is 9.88 Å². The Morgan fingerprint density at radius 2 is 1.94 bits per heavy atom. The monoisotopic (exact) mass is 456 g/mol. The number of carboxylic acid groups (broad SMARTS) is 1. The number of ether oxygens (including phenoxy) is 1. The predicted octanol–water partition coefficient (Wildman–Crippen LogP) is 2.99. The molecule has 1 aromatic carbocycles. The van der Waals surface area contributed by atoms with Crippen molar-refractivity contribution in [3.8, 4) is 0 Å². The van der Waals surface area contributed by atoms with Gasteiger partial charge in [0.05, 0.1) is 24.3 Å². The van der Waals surface area contributed by atoms with E-state index in [0.29, 0.717) is 13.2 Å². The van der Waals surface area contributed by atoms with E-state index in [0.717, 1.165) is 48.8 Å². The van der Waals surface area contributed by atoms with Crippen LogP contribution in [0.15, 0.2) is 30.5 Å². The fraction of sp³-hybridized carbons (Fsp3) is 0.476. The summed E-state index contributed by atoms with van der Waals surface area (Å²) in [6, 6.07) is 6.77. The van der Waals surface area contributed by atoms with Crippen LogP contribution >= 0.6 is 0 Å². The van der Waals surface area contributed by atoms with Crippen LogP contribution < -0.4 is 4.90 Å². The third-order valence-corrected chi connectivity index (χ3v) is 5.38. The molecule has 4 rings (SSSR count). The van der Waals surface area contributed by atoms with Crippen molar-refractivity contribution in [3.05, 3.63) is 53.1 Å². The number of rotatable bonds is 3. The molecular formula is C21H24F4N4O3. The highest BCUT2D eigenvalue weighted by atomic mass is 19.4. The number of nitrogens with zero attached hydrogens (tertiary/aromatic N) is 4. The molecule has 7 nitrogen and oxygen atoms in total. The lowest BCUT2D eigenvalue weighted by Crippen LogP contribution is -2.40. The summed E-state index contributed by atoms with van der Waals surface area (Å²) >= 11 is 0. The van der Waals surface area contributed by atoms with E-state index in [4.69, 9.17) is 19.6 Å². The predicted molar refractivity (Wildman–Crippen MR) is 108 cm³/mol. The van der Waals surface area contributed by atoms with Crippen LogP contribution in [-0.2, 0) is 28.1 Å². The van der Waals surface area contributed by atoms with Gasteiger partial charge in [0.25, 0.3) is 0 Å². The molecule has 0 bridgehead atoms. The second-order valence-corrected chi connectivity index (χ2v) is 8.10. The summed E-state index contributed by atoms with van der Waals surface area (Å²) in [6.07, 6.45) is -2.16. The number of likely N-dealkylation sites (tertiary alicyclic amines) is 1. The van der Waals surface area contributed by atoms with Gasteiger partial charge in [0, 0.05) is 38.9 Å². The van der Waals surface area contributed by atoms with E-state index in [-0.39, 0.29) is 11.2 Å². The van der Waals surface area contributed by atoms with Crippen LogP contribution in [0, 0.1) is 5.82 Å². The van der Waals surface area contributed by atoms with Gasteiger partial charge in [-0.2, -0.15) is 13.2 Å². The molecule has 1 saturated heterocycles. The minimum absolute atomic E-state index is 0.0681. The van der Waals surface area contributed by atoms with Gasteiger partial charge in [-0.25, -0.2) is 19.2 Å². The summed E-state index contributed by atoms with van der Waals surface area (Å²) in [7, 11) is 3.92. The molecule has 2 aliphatic rings. The Balaban J connectivity index is 0.000000360. The summed E-state index contributed by atoms with van der Waals surface area (Å²) in [4.78, 5) is 22.5. The van der Waals surface area contributed by atoms with Crippen LogP contribution in [0.2, 0.25) is 0 Å². The fourth-order valence-electron chi connectivity index (χ4n) is 3.85. The standard InChI is InChI=1S/C19H23FN4O.C2HF3O2/c1-23(2)18-21-9-15-11-25-13-19(17(15)22-18)7-8-24(12-19)10-14-3-5-16(20)6-4-14;3-2(4,5)1(6)7/h3-6,9H,7-8,10-13H2,1-2H3;(H,6,7). The fourth-order valence-corrected chi connectivity index (χ4v) is 3.85. The second kappa shape index (κ2) is 9.37. The first kappa shape index (κ1) is 23.9. The highest BCUT2D eigenvalue weighted by molar-refractivity contribution is 5.73. The Hall–Kier alpha value is -2.79. The van der Waals surface area contributed by atoms with Crippen LogP contribution in [0.3, 0.4) is 0 Å². The van der Waals surface area contributed by atoms with E-state index < -0.39 is 12.1 Å². The molecule has 2 aliphatic heterocycles. The number of carbonyl (C=O) groups is 1. The average Bonchev–Trinajstić information content (AvgIpc) is 3.12. The number of fused-ring (bicyclic) bond motifs is 2. The summed E-state index contributed by atoms with van der Waals surface area (Å²) < 4.78 is 50.7. The minimum atomic E-state index is -5.08. The molecule has 1 unspecified atom stereocenters. The molecule has 0 amide bonds. The zero-order valence-electron chi connectivity index (χ0n) is 17.7. The molecule has 11 heteroatoms. The van der Waals surface area contributed by atoms with Crippen molar-refractivity contribution in [2.45, 2.75) is 31.2 Å². The summed E-state index contributed by atoms with van der Waals surface area (Å²) in [5.74, 6) is -2.20. The zero-order valence-corrected chi connectivity index (χ0v) is 17.7. The highest BCUT2D eigenvalue weighted by Gasteiger charge is 2.45. The molecular weight excluding hydrogens is 432 g/mol. The lowest BCUT2D eigenvalue weighted by atomic mass is 9.80. The van der Waals surface area contributed by atoms with Crippen molar-refractivity contribution in [2.75, 3.05) is 38.7 Å². The van der Waals surface area contributed by atoms with Gasteiger partial charge < -0.3 is 14.7 Å².